The van der Waals surface area contributed by atoms with Crippen LogP contribution in [0.25, 0.3) is 16.0 Å². The van der Waals surface area contributed by atoms with Gasteiger partial charge in [0.2, 0.25) is 0 Å². The van der Waals surface area contributed by atoms with Crippen molar-refractivity contribution in [2.24, 2.45) is 0 Å². The van der Waals surface area contributed by atoms with E-state index in [9.17, 15) is 9.90 Å². The maximum atomic E-state index is 11.5. The standard InChI is InChI=1S/C14H13NO2S/c1-9(16)13(10(2)17)14-15-8-12(18-14)11-6-4-3-5-7-11/h3-8,16H,1-2H3/b13-9-. The van der Waals surface area contributed by atoms with Gasteiger partial charge in [-0.05, 0) is 19.4 Å². The maximum Gasteiger partial charge on any atom is 0.166 e. The van der Waals surface area contributed by atoms with Crippen molar-refractivity contribution in [1.82, 2.24) is 4.98 Å². The smallest absolute Gasteiger partial charge is 0.166 e. The van der Waals surface area contributed by atoms with E-state index >= 15 is 0 Å². The predicted octanol–water partition coefficient (Wildman–Crippen LogP) is 3.69. The van der Waals surface area contributed by atoms with Crippen LogP contribution in [0.5, 0.6) is 0 Å². The monoisotopic (exact) mass is 259 g/mol. The fourth-order valence-corrected chi connectivity index (χ4v) is 2.75. The summed E-state index contributed by atoms with van der Waals surface area (Å²) in [6.45, 7) is 2.93. The molecule has 0 saturated heterocycles. The fraction of sp³-hybridized carbons (Fsp3) is 0.143. The van der Waals surface area contributed by atoms with Gasteiger partial charge in [0.1, 0.15) is 10.8 Å². The van der Waals surface area contributed by atoms with Gasteiger partial charge in [0, 0.05) is 6.20 Å². The summed E-state index contributed by atoms with van der Waals surface area (Å²) in [4.78, 5) is 16.7. The first-order chi connectivity index (χ1) is 8.59. The van der Waals surface area contributed by atoms with Gasteiger partial charge in [-0.25, -0.2) is 4.98 Å². The molecule has 2 aromatic rings. The van der Waals surface area contributed by atoms with Gasteiger partial charge in [-0.3, -0.25) is 4.79 Å². The van der Waals surface area contributed by atoms with Crippen molar-refractivity contribution in [1.29, 1.82) is 0 Å². The average Bonchev–Trinajstić information content (AvgIpc) is 2.78. The van der Waals surface area contributed by atoms with Gasteiger partial charge in [0.15, 0.2) is 5.78 Å². The van der Waals surface area contributed by atoms with E-state index in [1.54, 1.807) is 6.20 Å². The highest BCUT2D eigenvalue weighted by Gasteiger charge is 2.15. The van der Waals surface area contributed by atoms with Gasteiger partial charge in [-0.2, -0.15) is 0 Å². The Balaban J connectivity index is 2.43. The minimum Gasteiger partial charge on any atom is -0.512 e. The summed E-state index contributed by atoms with van der Waals surface area (Å²) >= 11 is 1.40. The number of aliphatic hydroxyl groups excluding tert-OH is 1. The Morgan fingerprint density at radius 1 is 1.22 bits per heavy atom. The fourth-order valence-electron chi connectivity index (χ4n) is 1.69. The van der Waals surface area contributed by atoms with Crippen LogP contribution >= 0.6 is 11.3 Å². The molecule has 0 spiro atoms. The molecule has 0 bridgehead atoms. The lowest BCUT2D eigenvalue weighted by Crippen LogP contribution is -1.98. The van der Waals surface area contributed by atoms with Crippen LogP contribution in [0.3, 0.4) is 0 Å². The van der Waals surface area contributed by atoms with E-state index in [2.05, 4.69) is 4.98 Å². The third-order valence-corrected chi connectivity index (χ3v) is 3.56. The lowest BCUT2D eigenvalue weighted by molar-refractivity contribution is -0.111. The van der Waals surface area contributed by atoms with Crippen LogP contribution in [0, 0.1) is 0 Å². The number of benzene rings is 1. The number of carbonyl (C=O) groups excluding carboxylic acids is 1. The molecular weight excluding hydrogens is 246 g/mol. The number of hydrogen-bond acceptors (Lipinski definition) is 4. The zero-order valence-corrected chi connectivity index (χ0v) is 11.0. The topological polar surface area (TPSA) is 50.2 Å². The van der Waals surface area contributed by atoms with Crippen LogP contribution in [0.4, 0.5) is 0 Å². The Hall–Kier alpha value is -1.94. The van der Waals surface area contributed by atoms with Gasteiger partial charge in [-0.1, -0.05) is 30.3 Å². The molecule has 1 N–H and O–H groups in total. The largest absolute Gasteiger partial charge is 0.512 e. The number of rotatable bonds is 3. The number of aromatic nitrogens is 1. The Kier molecular flexibility index (Phi) is 3.58. The summed E-state index contributed by atoms with van der Waals surface area (Å²) in [5.41, 5.74) is 1.35. The second kappa shape index (κ2) is 5.14. The number of allylic oxidation sites excluding steroid dienone is 2. The Morgan fingerprint density at radius 3 is 2.44 bits per heavy atom. The molecule has 0 aliphatic heterocycles. The SMILES string of the molecule is CC(=O)/C(=C(\C)O)c1ncc(-c2ccccc2)s1. The molecule has 0 fully saturated rings. The predicted molar refractivity (Wildman–Crippen MR) is 73.5 cm³/mol. The number of nitrogens with zero attached hydrogens (tertiary/aromatic N) is 1. The molecule has 0 unspecified atom stereocenters. The number of Topliss-reactive ketones (excluding diaryl/α,β-unsaturated/α-hetero) is 1. The number of ketones is 1. The van der Waals surface area contributed by atoms with Crippen molar-refractivity contribution >= 4 is 22.7 Å². The highest BCUT2D eigenvalue weighted by molar-refractivity contribution is 7.16. The highest BCUT2D eigenvalue weighted by atomic mass is 32.1. The minimum absolute atomic E-state index is 0.0106. The van der Waals surface area contributed by atoms with E-state index < -0.39 is 0 Å². The van der Waals surface area contributed by atoms with Crippen molar-refractivity contribution in [3.05, 3.63) is 47.3 Å². The van der Waals surface area contributed by atoms with Crippen molar-refractivity contribution in [3.8, 4) is 10.4 Å². The van der Waals surface area contributed by atoms with Crippen molar-refractivity contribution in [3.63, 3.8) is 0 Å². The lowest BCUT2D eigenvalue weighted by atomic mass is 10.2. The third-order valence-electron chi connectivity index (χ3n) is 2.49. The first-order valence-corrected chi connectivity index (χ1v) is 6.33. The van der Waals surface area contributed by atoms with Crippen molar-refractivity contribution < 1.29 is 9.90 Å². The molecule has 0 atom stereocenters. The number of aliphatic hydroxyl groups is 1. The molecule has 0 amide bonds. The second-order valence-corrected chi connectivity index (χ2v) is 4.94. The van der Waals surface area contributed by atoms with Crippen LogP contribution < -0.4 is 0 Å². The Morgan fingerprint density at radius 2 is 1.89 bits per heavy atom. The average molecular weight is 259 g/mol. The summed E-state index contributed by atoms with van der Waals surface area (Å²) in [6.07, 6.45) is 1.72. The Bertz CT molecular complexity index is 595. The maximum absolute atomic E-state index is 11.5. The molecule has 4 heteroatoms. The molecule has 0 aliphatic rings. The van der Waals surface area contributed by atoms with Crippen LogP contribution in [-0.2, 0) is 4.79 Å². The molecule has 0 aliphatic carbocycles. The van der Waals surface area contributed by atoms with E-state index in [0.717, 1.165) is 10.4 Å². The van der Waals surface area contributed by atoms with Crippen LogP contribution in [0.2, 0.25) is 0 Å². The zero-order valence-electron chi connectivity index (χ0n) is 10.2. The molecule has 1 heterocycles. The lowest BCUT2D eigenvalue weighted by Gasteiger charge is -2.00. The van der Waals surface area contributed by atoms with Crippen molar-refractivity contribution in [2.75, 3.05) is 0 Å². The molecule has 92 valence electrons. The van der Waals surface area contributed by atoms with E-state index in [0.29, 0.717) is 10.6 Å². The first-order valence-electron chi connectivity index (χ1n) is 5.52. The van der Waals surface area contributed by atoms with Crippen LogP contribution in [0.1, 0.15) is 18.9 Å². The molecular formula is C14H13NO2S. The first kappa shape index (κ1) is 12.5. The number of hydrogen-bond donors (Lipinski definition) is 1. The van der Waals surface area contributed by atoms with Crippen LogP contribution in [0.15, 0.2) is 42.3 Å². The van der Waals surface area contributed by atoms with Gasteiger partial charge < -0.3 is 5.11 Å². The van der Waals surface area contributed by atoms with E-state index in [4.69, 9.17) is 0 Å². The molecule has 0 saturated carbocycles. The molecule has 2 rings (SSSR count). The summed E-state index contributed by atoms with van der Waals surface area (Å²) in [5, 5.41) is 10.1. The second-order valence-electron chi connectivity index (χ2n) is 3.91. The minimum atomic E-state index is -0.177. The summed E-state index contributed by atoms with van der Waals surface area (Å²) < 4.78 is 0. The van der Waals surface area contributed by atoms with Gasteiger partial charge >= 0.3 is 0 Å². The Labute approximate surface area is 109 Å². The molecule has 0 radical (unpaired) electrons. The number of thiazole rings is 1. The van der Waals surface area contributed by atoms with E-state index in [1.165, 1.54) is 25.2 Å². The van der Waals surface area contributed by atoms with Gasteiger partial charge in [-0.15, -0.1) is 11.3 Å². The van der Waals surface area contributed by atoms with Crippen LogP contribution in [-0.4, -0.2) is 15.9 Å². The summed E-state index contributed by atoms with van der Waals surface area (Å²) in [6, 6.07) is 9.83. The number of carbonyl (C=O) groups is 1. The molecule has 1 aromatic carbocycles. The van der Waals surface area contributed by atoms with Crippen molar-refractivity contribution in [2.45, 2.75) is 13.8 Å². The normalized spacial score (nSPS) is 12.1. The summed E-state index contributed by atoms with van der Waals surface area (Å²) in [7, 11) is 0. The quantitative estimate of drug-likeness (QED) is 0.675. The summed E-state index contributed by atoms with van der Waals surface area (Å²) in [5.74, 6) is -0.166. The molecule has 18 heavy (non-hydrogen) atoms. The zero-order chi connectivity index (χ0) is 13.1. The third kappa shape index (κ3) is 2.49. The molecule has 1 aromatic heterocycles. The van der Waals surface area contributed by atoms with Gasteiger partial charge in [0.05, 0.1) is 10.5 Å². The van der Waals surface area contributed by atoms with E-state index in [-0.39, 0.29) is 11.5 Å². The van der Waals surface area contributed by atoms with E-state index in [1.807, 2.05) is 30.3 Å². The van der Waals surface area contributed by atoms with Gasteiger partial charge in [0.25, 0.3) is 0 Å². The molecule has 3 nitrogen and oxygen atoms in total. The highest BCUT2D eigenvalue weighted by Crippen LogP contribution is 2.30.